The molecule has 0 aromatic heterocycles. The molecule has 0 radical (unpaired) electrons. The first-order valence-electron chi connectivity index (χ1n) is 6.07. The largest absolute Gasteiger partial charge is 0.203 e. The van der Waals surface area contributed by atoms with E-state index in [2.05, 4.69) is 0 Å². The van der Waals surface area contributed by atoms with E-state index in [9.17, 15) is 17.6 Å². The van der Waals surface area contributed by atoms with E-state index in [4.69, 9.17) is 0 Å². The average Bonchev–Trinajstić information content (AvgIpc) is 2.42. The quantitative estimate of drug-likeness (QED) is 0.393. The molecule has 0 saturated carbocycles. The molecule has 0 heterocycles. The zero-order valence-electron chi connectivity index (χ0n) is 10.8. The molecular weight excluding hydrogens is 268 g/mol. The van der Waals surface area contributed by atoms with Gasteiger partial charge < -0.3 is 0 Å². The smallest absolute Gasteiger partial charge is 0.167 e. The van der Waals surface area contributed by atoms with Gasteiger partial charge in [-0.15, -0.1) is 0 Å². The minimum absolute atomic E-state index is 0.127. The van der Waals surface area contributed by atoms with Gasteiger partial charge in [0.1, 0.15) is 0 Å². The van der Waals surface area contributed by atoms with Gasteiger partial charge in [-0.3, -0.25) is 0 Å². The Balaban J connectivity index is 2.66. The van der Waals surface area contributed by atoms with Crippen LogP contribution in [0.4, 0.5) is 17.6 Å². The fourth-order valence-electron chi connectivity index (χ4n) is 2.51. The lowest BCUT2D eigenvalue weighted by Gasteiger charge is -2.10. The van der Waals surface area contributed by atoms with Crippen molar-refractivity contribution < 1.29 is 17.6 Å². The lowest BCUT2D eigenvalue weighted by Crippen LogP contribution is -1.96. The highest BCUT2D eigenvalue weighted by atomic mass is 19.2. The molecule has 102 valence electrons. The molecule has 0 bridgehead atoms. The normalized spacial score (nSPS) is 11.5. The van der Waals surface area contributed by atoms with E-state index in [1.54, 1.807) is 12.1 Å². The monoisotopic (exact) mass is 278 g/mol. The summed E-state index contributed by atoms with van der Waals surface area (Å²) in [5.41, 5.74) is 0.254. The van der Waals surface area contributed by atoms with E-state index in [1.165, 1.54) is 26.0 Å². The summed E-state index contributed by atoms with van der Waals surface area (Å²) in [6.45, 7) is 2.85. The van der Waals surface area contributed by atoms with Crippen LogP contribution in [0.5, 0.6) is 0 Å². The van der Waals surface area contributed by atoms with E-state index in [1.807, 2.05) is 0 Å². The first kappa shape index (κ1) is 12.9. The molecule has 3 aromatic carbocycles. The molecule has 0 aliphatic heterocycles. The molecule has 0 spiro atoms. The third-order valence-electron chi connectivity index (χ3n) is 3.53. The molecule has 0 amide bonds. The van der Waals surface area contributed by atoms with Crippen LogP contribution >= 0.6 is 0 Å². The van der Waals surface area contributed by atoms with Crippen molar-refractivity contribution in [2.24, 2.45) is 0 Å². The maximum Gasteiger partial charge on any atom is 0.167 e. The summed E-state index contributed by atoms with van der Waals surface area (Å²) in [6.07, 6.45) is 0. The standard InChI is InChI=1S/C16H10F4/c1-7-5-9-3-4-10-6-8(2)14(18)16(20)12(10)11(9)15(19)13(7)17/h3-6H,1-2H3. The summed E-state index contributed by atoms with van der Waals surface area (Å²) in [7, 11) is 0. The second-order valence-corrected chi connectivity index (χ2v) is 4.90. The van der Waals surface area contributed by atoms with Crippen molar-refractivity contribution >= 4 is 21.5 Å². The Hall–Kier alpha value is -2.10. The summed E-state index contributed by atoms with van der Waals surface area (Å²) in [5.74, 6) is -4.36. The molecule has 0 aliphatic carbocycles. The predicted molar refractivity (Wildman–Crippen MR) is 70.8 cm³/mol. The van der Waals surface area contributed by atoms with E-state index < -0.39 is 23.3 Å². The van der Waals surface area contributed by atoms with E-state index in [-0.39, 0.29) is 21.9 Å². The Kier molecular flexibility index (Phi) is 2.71. The highest BCUT2D eigenvalue weighted by Crippen LogP contribution is 2.34. The second kappa shape index (κ2) is 4.20. The molecule has 3 rings (SSSR count). The number of hydrogen-bond acceptors (Lipinski definition) is 0. The van der Waals surface area contributed by atoms with Gasteiger partial charge in [0.15, 0.2) is 23.3 Å². The molecule has 0 fully saturated rings. The third-order valence-corrected chi connectivity index (χ3v) is 3.53. The van der Waals surface area contributed by atoms with Crippen LogP contribution in [0.25, 0.3) is 21.5 Å². The van der Waals surface area contributed by atoms with Gasteiger partial charge in [-0.05, 0) is 47.9 Å². The van der Waals surface area contributed by atoms with E-state index >= 15 is 0 Å². The third kappa shape index (κ3) is 1.60. The number of aryl methyl sites for hydroxylation is 2. The van der Waals surface area contributed by atoms with Gasteiger partial charge in [0.2, 0.25) is 0 Å². The summed E-state index contributed by atoms with van der Waals surface area (Å²) in [4.78, 5) is 0. The maximum absolute atomic E-state index is 14.1. The molecule has 3 aromatic rings. The summed E-state index contributed by atoms with van der Waals surface area (Å²) in [6, 6.07) is 5.99. The van der Waals surface area contributed by atoms with Gasteiger partial charge in [0.05, 0.1) is 0 Å². The Labute approximate surface area is 112 Å². The lowest BCUT2D eigenvalue weighted by molar-refractivity contribution is 0.506. The molecule has 0 unspecified atom stereocenters. The zero-order valence-corrected chi connectivity index (χ0v) is 10.8. The van der Waals surface area contributed by atoms with Crippen molar-refractivity contribution in [1.82, 2.24) is 0 Å². The highest BCUT2D eigenvalue weighted by molar-refractivity contribution is 6.08. The predicted octanol–water partition coefficient (Wildman–Crippen LogP) is 5.17. The lowest BCUT2D eigenvalue weighted by atomic mass is 9.97. The molecular formula is C16H10F4. The van der Waals surface area contributed by atoms with E-state index in [0.717, 1.165) is 0 Å². The Morgan fingerprint density at radius 1 is 0.600 bits per heavy atom. The second-order valence-electron chi connectivity index (χ2n) is 4.90. The Morgan fingerprint density at radius 3 is 1.30 bits per heavy atom. The molecule has 0 aliphatic rings. The molecule has 0 N–H and O–H groups in total. The first-order valence-corrected chi connectivity index (χ1v) is 6.07. The number of halogens is 4. The van der Waals surface area contributed by atoms with Crippen molar-refractivity contribution in [1.29, 1.82) is 0 Å². The van der Waals surface area contributed by atoms with Crippen molar-refractivity contribution in [3.63, 3.8) is 0 Å². The Morgan fingerprint density at radius 2 is 0.950 bits per heavy atom. The van der Waals surface area contributed by atoms with Crippen molar-refractivity contribution in [2.75, 3.05) is 0 Å². The van der Waals surface area contributed by atoms with Crippen LogP contribution in [-0.2, 0) is 0 Å². The number of rotatable bonds is 0. The first-order chi connectivity index (χ1) is 9.41. The number of benzene rings is 3. The number of fused-ring (bicyclic) bond motifs is 3. The van der Waals surface area contributed by atoms with E-state index in [0.29, 0.717) is 10.8 Å². The molecule has 0 saturated heterocycles. The van der Waals surface area contributed by atoms with Crippen LogP contribution in [0.15, 0.2) is 24.3 Å². The van der Waals surface area contributed by atoms with Gasteiger partial charge in [0, 0.05) is 10.8 Å². The zero-order chi connectivity index (χ0) is 14.6. The van der Waals surface area contributed by atoms with Crippen LogP contribution in [0.1, 0.15) is 11.1 Å². The Bertz CT molecular complexity index is 793. The van der Waals surface area contributed by atoms with Gasteiger partial charge in [-0.1, -0.05) is 12.1 Å². The van der Waals surface area contributed by atoms with Crippen molar-refractivity contribution in [2.45, 2.75) is 13.8 Å². The van der Waals surface area contributed by atoms with Crippen LogP contribution in [0.3, 0.4) is 0 Å². The molecule has 0 nitrogen and oxygen atoms in total. The van der Waals surface area contributed by atoms with Gasteiger partial charge >= 0.3 is 0 Å². The van der Waals surface area contributed by atoms with Gasteiger partial charge in [-0.25, -0.2) is 17.6 Å². The number of hydrogen-bond donors (Lipinski definition) is 0. The molecule has 20 heavy (non-hydrogen) atoms. The van der Waals surface area contributed by atoms with Crippen molar-refractivity contribution in [3.8, 4) is 0 Å². The molecule has 4 heteroatoms. The average molecular weight is 278 g/mol. The fourth-order valence-corrected chi connectivity index (χ4v) is 2.51. The summed E-state index contributed by atoms with van der Waals surface area (Å²) in [5, 5.41) is 0.246. The van der Waals surface area contributed by atoms with Crippen LogP contribution in [0, 0.1) is 37.1 Å². The van der Waals surface area contributed by atoms with Crippen LogP contribution < -0.4 is 0 Å². The maximum atomic E-state index is 14.1. The fraction of sp³-hybridized carbons (Fsp3) is 0.125. The van der Waals surface area contributed by atoms with Crippen LogP contribution in [-0.4, -0.2) is 0 Å². The van der Waals surface area contributed by atoms with Gasteiger partial charge in [-0.2, -0.15) is 0 Å². The summed E-state index contributed by atoms with van der Waals surface area (Å²) >= 11 is 0. The SMILES string of the molecule is Cc1cc2ccc3cc(C)c(F)c(F)c3c2c(F)c1F. The van der Waals surface area contributed by atoms with Gasteiger partial charge in [0.25, 0.3) is 0 Å². The van der Waals surface area contributed by atoms with Crippen molar-refractivity contribution in [3.05, 3.63) is 58.7 Å². The topological polar surface area (TPSA) is 0 Å². The highest BCUT2D eigenvalue weighted by Gasteiger charge is 2.18. The summed E-state index contributed by atoms with van der Waals surface area (Å²) < 4.78 is 55.7. The minimum Gasteiger partial charge on any atom is -0.203 e. The minimum atomic E-state index is -1.15. The molecule has 0 atom stereocenters. The van der Waals surface area contributed by atoms with Crippen LogP contribution in [0.2, 0.25) is 0 Å².